The first-order valence-corrected chi connectivity index (χ1v) is 9.86. The lowest BCUT2D eigenvalue weighted by molar-refractivity contribution is 0.0847. The fourth-order valence-corrected chi connectivity index (χ4v) is 3.55. The average molecular weight is 460 g/mol. The van der Waals surface area contributed by atoms with E-state index in [1.807, 2.05) is 0 Å². The van der Waals surface area contributed by atoms with Crippen LogP contribution in [0, 0.1) is 0 Å². The van der Waals surface area contributed by atoms with Gasteiger partial charge in [0, 0.05) is 16.1 Å². The Balaban J connectivity index is 1.52. The lowest BCUT2D eigenvalue weighted by atomic mass is 10.2. The normalized spacial score (nSPS) is 10.8. The van der Waals surface area contributed by atoms with Crippen molar-refractivity contribution < 1.29 is 9.59 Å². The van der Waals surface area contributed by atoms with Gasteiger partial charge in [-0.15, -0.1) is 0 Å². The van der Waals surface area contributed by atoms with E-state index in [0.29, 0.717) is 48.6 Å². The summed E-state index contributed by atoms with van der Waals surface area (Å²) in [5.41, 5.74) is 7.30. The second-order valence-electron chi connectivity index (χ2n) is 6.33. The molecule has 0 aliphatic rings. The van der Waals surface area contributed by atoms with E-state index in [9.17, 15) is 9.59 Å². The van der Waals surface area contributed by atoms with Crippen LogP contribution in [0.5, 0.6) is 0 Å². The number of benzene rings is 3. The number of carbonyl (C=O) groups excluding carboxylic acids is 2. The van der Waals surface area contributed by atoms with E-state index in [1.165, 1.54) is 0 Å². The van der Waals surface area contributed by atoms with Crippen LogP contribution in [0.4, 0.5) is 0 Å². The molecule has 2 amide bonds. The number of H-pyrrole nitrogens is 1. The van der Waals surface area contributed by atoms with Crippen molar-refractivity contribution in [3.63, 3.8) is 0 Å². The summed E-state index contributed by atoms with van der Waals surface area (Å²) in [4.78, 5) is 32.2. The number of aromatic amines is 1. The zero-order valence-electron chi connectivity index (χ0n) is 15.2. The van der Waals surface area contributed by atoms with Crippen molar-refractivity contribution in [3.8, 4) is 11.4 Å². The van der Waals surface area contributed by atoms with Gasteiger partial charge in [-0.25, -0.2) is 4.98 Å². The third kappa shape index (κ3) is 4.11. The molecule has 3 aromatic carbocycles. The monoisotopic (exact) mass is 458 g/mol. The van der Waals surface area contributed by atoms with Gasteiger partial charge in [0.2, 0.25) is 0 Å². The zero-order valence-corrected chi connectivity index (χ0v) is 17.4. The van der Waals surface area contributed by atoms with E-state index < -0.39 is 11.8 Å². The Morgan fingerprint density at radius 1 is 0.800 bits per heavy atom. The molecule has 3 N–H and O–H groups in total. The van der Waals surface area contributed by atoms with Crippen LogP contribution in [0.25, 0.3) is 22.4 Å². The number of aromatic nitrogens is 2. The molecule has 0 unspecified atom stereocenters. The number of hydrogen-bond acceptors (Lipinski definition) is 3. The summed E-state index contributed by atoms with van der Waals surface area (Å²) in [5.74, 6) is -0.446. The molecular weight excluding hydrogens is 447 g/mol. The number of hydrazine groups is 1. The van der Waals surface area contributed by atoms with Gasteiger partial charge >= 0.3 is 0 Å². The maximum atomic E-state index is 12.4. The minimum Gasteiger partial charge on any atom is -0.338 e. The second kappa shape index (κ2) is 8.36. The lowest BCUT2D eigenvalue weighted by Crippen LogP contribution is -2.41. The van der Waals surface area contributed by atoms with Gasteiger partial charge in [0.25, 0.3) is 11.8 Å². The van der Waals surface area contributed by atoms with Crippen molar-refractivity contribution in [2.24, 2.45) is 0 Å². The van der Waals surface area contributed by atoms with Crippen molar-refractivity contribution in [2.75, 3.05) is 0 Å². The largest absolute Gasteiger partial charge is 0.338 e. The quantitative estimate of drug-likeness (QED) is 0.365. The summed E-state index contributed by atoms with van der Waals surface area (Å²) in [6.07, 6.45) is 0. The number of hydrogen-bond donors (Lipinski definition) is 3. The highest BCUT2D eigenvalue weighted by Gasteiger charge is 2.15. The third-order valence-corrected chi connectivity index (χ3v) is 5.22. The van der Waals surface area contributed by atoms with Gasteiger partial charge in [-0.05, 0) is 54.6 Å². The maximum Gasteiger partial charge on any atom is 0.269 e. The molecule has 1 heterocycles. The molecule has 0 saturated heterocycles. The Bertz CT molecular complexity index is 1250. The predicted octanol–water partition coefficient (Wildman–Crippen LogP) is 5.26. The Kier molecular flexibility index (Phi) is 5.63. The summed E-state index contributed by atoms with van der Waals surface area (Å²) in [5, 5.41) is 1.44. The predicted molar refractivity (Wildman–Crippen MR) is 118 cm³/mol. The van der Waals surface area contributed by atoms with Gasteiger partial charge in [-0.3, -0.25) is 20.4 Å². The Hall–Kier alpha value is -3.06. The molecule has 9 heteroatoms. The molecule has 4 rings (SSSR count). The van der Waals surface area contributed by atoms with Gasteiger partial charge < -0.3 is 4.98 Å². The van der Waals surface area contributed by atoms with E-state index in [1.54, 1.807) is 60.7 Å². The van der Waals surface area contributed by atoms with Crippen molar-refractivity contribution in [1.82, 2.24) is 20.8 Å². The summed E-state index contributed by atoms with van der Waals surface area (Å²) in [7, 11) is 0. The third-order valence-electron chi connectivity index (χ3n) is 4.34. The van der Waals surface area contributed by atoms with Crippen LogP contribution in [0.2, 0.25) is 15.1 Å². The average Bonchev–Trinajstić information content (AvgIpc) is 3.14. The number of nitrogens with one attached hydrogen (secondary N) is 3. The van der Waals surface area contributed by atoms with Crippen LogP contribution < -0.4 is 10.9 Å². The molecule has 4 aromatic rings. The highest BCUT2D eigenvalue weighted by molar-refractivity contribution is 6.39. The molecule has 0 radical (unpaired) electrons. The number of carbonyl (C=O) groups is 2. The Morgan fingerprint density at radius 3 is 2.07 bits per heavy atom. The zero-order chi connectivity index (χ0) is 21.3. The van der Waals surface area contributed by atoms with Crippen LogP contribution >= 0.6 is 34.8 Å². The molecule has 0 fully saturated rings. The minimum atomic E-state index is -0.480. The highest BCUT2D eigenvalue weighted by Crippen LogP contribution is 2.33. The molecule has 30 heavy (non-hydrogen) atoms. The number of fused-ring (bicyclic) bond motifs is 1. The molecule has 6 nitrogen and oxygen atoms in total. The number of halogens is 3. The SMILES string of the molecule is O=C(NNC(=O)c1ccc2nc(-c3c(Cl)cccc3Cl)[nH]c2c1)c1ccc(Cl)cc1. The van der Waals surface area contributed by atoms with Crippen molar-refractivity contribution in [3.05, 3.63) is 86.9 Å². The molecule has 0 aliphatic heterocycles. The molecule has 0 aliphatic carbocycles. The summed E-state index contributed by atoms with van der Waals surface area (Å²) >= 11 is 18.3. The minimum absolute atomic E-state index is 0.333. The molecule has 0 saturated carbocycles. The van der Waals surface area contributed by atoms with E-state index in [-0.39, 0.29) is 0 Å². The topological polar surface area (TPSA) is 86.9 Å². The van der Waals surface area contributed by atoms with E-state index >= 15 is 0 Å². The number of amides is 2. The van der Waals surface area contributed by atoms with Gasteiger partial charge in [-0.1, -0.05) is 40.9 Å². The van der Waals surface area contributed by atoms with Gasteiger partial charge in [0.15, 0.2) is 0 Å². The smallest absolute Gasteiger partial charge is 0.269 e. The molecule has 0 atom stereocenters. The highest BCUT2D eigenvalue weighted by atomic mass is 35.5. The van der Waals surface area contributed by atoms with Crippen molar-refractivity contribution in [2.45, 2.75) is 0 Å². The van der Waals surface area contributed by atoms with Crippen molar-refractivity contribution in [1.29, 1.82) is 0 Å². The van der Waals surface area contributed by atoms with Gasteiger partial charge in [0.1, 0.15) is 5.82 Å². The summed E-state index contributed by atoms with van der Waals surface area (Å²) in [6.45, 7) is 0. The standard InChI is InChI=1S/C21H13Cl3N4O2/c22-13-7-4-11(5-8-13)20(29)27-28-21(30)12-6-9-16-17(10-12)26-19(25-16)18-14(23)2-1-3-15(18)24/h1-10H,(H,25,26)(H,27,29)(H,28,30). The summed E-state index contributed by atoms with van der Waals surface area (Å²) in [6, 6.07) is 16.4. The van der Waals surface area contributed by atoms with E-state index in [2.05, 4.69) is 20.8 Å². The molecule has 1 aromatic heterocycles. The number of imidazole rings is 1. The lowest BCUT2D eigenvalue weighted by Gasteiger charge is -2.07. The first-order chi connectivity index (χ1) is 14.4. The summed E-state index contributed by atoms with van der Waals surface area (Å²) < 4.78 is 0. The molecule has 0 bridgehead atoms. The van der Waals surface area contributed by atoms with Crippen LogP contribution in [0.15, 0.2) is 60.7 Å². The Morgan fingerprint density at radius 2 is 1.40 bits per heavy atom. The van der Waals surface area contributed by atoms with Crippen LogP contribution in [-0.2, 0) is 0 Å². The van der Waals surface area contributed by atoms with Crippen molar-refractivity contribution >= 4 is 57.7 Å². The number of rotatable bonds is 3. The number of nitrogens with zero attached hydrogens (tertiary/aromatic N) is 1. The maximum absolute atomic E-state index is 12.4. The van der Waals surface area contributed by atoms with E-state index in [4.69, 9.17) is 34.8 Å². The van der Waals surface area contributed by atoms with Gasteiger partial charge in [-0.2, -0.15) is 0 Å². The molecular formula is C21H13Cl3N4O2. The van der Waals surface area contributed by atoms with Crippen LogP contribution in [-0.4, -0.2) is 21.8 Å². The van der Waals surface area contributed by atoms with Crippen LogP contribution in [0.1, 0.15) is 20.7 Å². The van der Waals surface area contributed by atoms with Crippen LogP contribution in [0.3, 0.4) is 0 Å². The first-order valence-electron chi connectivity index (χ1n) is 8.73. The fraction of sp³-hybridized carbons (Fsp3) is 0. The van der Waals surface area contributed by atoms with E-state index in [0.717, 1.165) is 0 Å². The second-order valence-corrected chi connectivity index (χ2v) is 7.58. The molecule has 150 valence electrons. The van der Waals surface area contributed by atoms with Gasteiger partial charge in [0.05, 0.1) is 26.6 Å². The molecule has 0 spiro atoms. The Labute approximate surface area is 186 Å². The first kappa shape index (κ1) is 20.2. The fourth-order valence-electron chi connectivity index (χ4n) is 2.85.